The number of urea groups is 1. The molecule has 1 aromatic rings. The lowest BCUT2D eigenvalue weighted by Gasteiger charge is -2.30. The van der Waals surface area contributed by atoms with Crippen LogP contribution in [0.2, 0.25) is 0 Å². The average Bonchev–Trinajstić information content (AvgIpc) is 2.47. The number of hydrogen-bond donors (Lipinski definition) is 2. The number of carbonyl (C=O) groups is 1. The zero-order valence-corrected chi connectivity index (χ0v) is 12.4. The van der Waals surface area contributed by atoms with Crippen molar-refractivity contribution in [2.45, 2.75) is 45.6 Å². The van der Waals surface area contributed by atoms with Crippen molar-refractivity contribution in [1.29, 1.82) is 0 Å². The normalized spacial score (nSPS) is 18.9. The molecule has 110 valence electrons. The zero-order valence-electron chi connectivity index (χ0n) is 12.4. The van der Waals surface area contributed by atoms with E-state index in [0.717, 1.165) is 43.5 Å². The first-order valence-corrected chi connectivity index (χ1v) is 7.49. The van der Waals surface area contributed by atoms with Crippen LogP contribution in [0.4, 0.5) is 10.5 Å². The molecule has 1 fully saturated rings. The number of β-amino-alcohol motifs (C(OH)–C–C–N with tert-alkyl or cyclic N) is 1. The van der Waals surface area contributed by atoms with E-state index in [0.29, 0.717) is 6.54 Å². The fourth-order valence-corrected chi connectivity index (χ4v) is 2.60. The van der Waals surface area contributed by atoms with Crippen LogP contribution in [0.1, 0.15) is 37.8 Å². The van der Waals surface area contributed by atoms with Gasteiger partial charge in [0.05, 0.1) is 6.10 Å². The van der Waals surface area contributed by atoms with Crippen LogP contribution in [0.5, 0.6) is 0 Å². The third-order valence-electron chi connectivity index (χ3n) is 3.89. The molecule has 0 spiro atoms. The summed E-state index contributed by atoms with van der Waals surface area (Å²) in [4.78, 5) is 14.0. The van der Waals surface area contributed by atoms with E-state index in [-0.39, 0.29) is 12.1 Å². The number of rotatable bonds is 3. The highest BCUT2D eigenvalue weighted by Gasteiger charge is 2.22. The number of nitrogens with one attached hydrogen (secondary N) is 1. The third kappa shape index (κ3) is 3.51. The maximum atomic E-state index is 12.3. The number of benzene rings is 1. The number of amides is 2. The van der Waals surface area contributed by atoms with Crippen molar-refractivity contribution in [2.24, 2.45) is 0 Å². The van der Waals surface area contributed by atoms with E-state index in [9.17, 15) is 9.90 Å². The molecule has 0 saturated carbocycles. The van der Waals surface area contributed by atoms with Gasteiger partial charge in [0.2, 0.25) is 0 Å². The Hall–Kier alpha value is -1.55. The summed E-state index contributed by atoms with van der Waals surface area (Å²) in [6.45, 7) is 5.34. The van der Waals surface area contributed by atoms with Gasteiger partial charge in [-0.05, 0) is 42.9 Å². The van der Waals surface area contributed by atoms with Crippen molar-refractivity contribution in [3.8, 4) is 0 Å². The first-order chi connectivity index (χ1) is 9.63. The molecule has 1 unspecified atom stereocenters. The summed E-state index contributed by atoms with van der Waals surface area (Å²) >= 11 is 0. The highest BCUT2D eigenvalue weighted by Crippen LogP contribution is 2.20. The summed E-state index contributed by atoms with van der Waals surface area (Å²) in [7, 11) is 0. The number of hydrogen-bond acceptors (Lipinski definition) is 2. The molecule has 1 aliphatic rings. The van der Waals surface area contributed by atoms with E-state index in [4.69, 9.17) is 0 Å². The van der Waals surface area contributed by atoms with Crippen LogP contribution in [0.25, 0.3) is 0 Å². The summed E-state index contributed by atoms with van der Waals surface area (Å²) in [5.41, 5.74) is 3.27. The Bertz CT molecular complexity index is 474. The number of aliphatic hydroxyl groups excluding tert-OH is 1. The second-order valence-corrected chi connectivity index (χ2v) is 5.37. The van der Waals surface area contributed by atoms with Gasteiger partial charge in [-0.25, -0.2) is 4.79 Å². The lowest BCUT2D eigenvalue weighted by atomic mass is 10.1. The van der Waals surface area contributed by atoms with Gasteiger partial charge in [0.25, 0.3) is 0 Å². The quantitative estimate of drug-likeness (QED) is 0.892. The minimum atomic E-state index is -0.387. The van der Waals surface area contributed by atoms with Crippen LogP contribution in [0.15, 0.2) is 18.2 Å². The van der Waals surface area contributed by atoms with E-state index < -0.39 is 0 Å². The summed E-state index contributed by atoms with van der Waals surface area (Å²) in [6.07, 6.45) is 3.11. The standard InChI is InChI=1S/C16H24N2O2/c1-3-12-7-8-13(4-2)15(10-12)17-16(20)18-9-5-6-14(19)11-18/h7-8,10,14,19H,3-6,9,11H2,1-2H3,(H,17,20). The Morgan fingerprint density at radius 3 is 2.85 bits per heavy atom. The van der Waals surface area contributed by atoms with Crippen LogP contribution in [-0.4, -0.2) is 35.2 Å². The van der Waals surface area contributed by atoms with Gasteiger partial charge in [-0.2, -0.15) is 0 Å². The number of likely N-dealkylation sites (tertiary alicyclic amines) is 1. The van der Waals surface area contributed by atoms with Crippen molar-refractivity contribution in [3.63, 3.8) is 0 Å². The molecule has 20 heavy (non-hydrogen) atoms. The van der Waals surface area contributed by atoms with E-state index in [1.807, 2.05) is 0 Å². The SMILES string of the molecule is CCc1ccc(CC)c(NC(=O)N2CCCC(O)C2)c1. The van der Waals surface area contributed by atoms with Crippen molar-refractivity contribution in [1.82, 2.24) is 4.90 Å². The third-order valence-corrected chi connectivity index (χ3v) is 3.89. The second kappa shape index (κ2) is 6.75. The molecular weight excluding hydrogens is 252 g/mol. The summed E-state index contributed by atoms with van der Waals surface area (Å²) in [5, 5.41) is 12.7. The molecule has 0 bridgehead atoms. The Kier molecular flexibility index (Phi) is 5.01. The van der Waals surface area contributed by atoms with Crippen LogP contribution < -0.4 is 5.32 Å². The van der Waals surface area contributed by atoms with Crippen molar-refractivity contribution >= 4 is 11.7 Å². The maximum absolute atomic E-state index is 12.3. The zero-order chi connectivity index (χ0) is 14.5. The van der Waals surface area contributed by atoms with Crippen LogP contribution in [0.3, 0.4) is 0 Å². The topological polar surface area (TPSA) is 52.6 Å². The van der Waals surface area contributed by atoms with E-state index >= 15 is 0 Å². The van der Waals surface area contributed by atoms with Gasteiger partial charge in [-0.3, -0.25) is 0 Å². The number of piperidine rings is 1. The molecule has 1 heterocycles. The van der Waals surface area contributed by atoms with E-state index in [1.165, 1.54) is 5.56 Å². The van der Waals surface area contributed by atoms with Crippen LogP contribution >= 0.6 is 0 Å². The molecule has 1 atom stereocenters. The first kappa shape index (κ1) is 14.9. The van der Waals surface area contributed by atoms with Gasteiger partial charge in [-0.15, -0.1) is 0 Å². The predicted molar refractivity (Wildman–Crippen MR) is 81.0 cm³/mol. The van der Waals surface area contributed by atoms with Crippen molar-refractivity contribution in [3.05, 3.63) is 29.3 Å². The molecule has 4 heteroatoms. The lowest BCUT2D eigenvalue weighted by molar-refractivity contribution is 0.0883. The Labute approximate surface area is 120 Å². The number of aryl methyl sites for hydroxylation is 2. The monoisotopic (exact) mass is 276 g/mol. The molecule has 1 aromatic carbocycles. The Morgan fingerprint density at radius 1 is 1.40 bits per heavy atom. The molecule has 0 radical (unpaired) electrons. The fourth-order valence-electron chi connectivity index (χ4n) is 2.60. The summed E-state index contributed by atoms with van der Waals surface area (Å²) in [5.74, 6) is 0. The van der Waals surface area contributed by atoms with E-state index in [2.05, 4.69) is 37.4 Å². The van der Waals surface area contributed by atoms with Gasteiger partial charge in [0.15, 0.2) is 0 Å². The minimum absolute atomic E-state index is 0.105. The average molecular weight is 276 g/mol. The molecular formula is C16H24N2O2. The predicted octanol–water partition coefficient (Wildman–Crippen LogP) is 2.80. The number of aliphatic hydroxyl groups is 1. The van der Waals surface area contributed by atoms with Gasteiger partial charge < -0.3 is 15.3 Å². The molecule has 0 aromatic heterocycles. The van der Waals surface area contributed by atoms with Crippen molar-refractivity contribution < 1.29 is 9.90 Å². The molecule has 1 saturated heterocycles. The summed E-state index contributed by atoms with van der Waals surface area (Å²) in [6, 6.07) is 6.14. The lowest BCUT2D eigenvalue weighted by Crippen LogP contribution is -2.44. The molecule has 1 aliphatic heterocycles. The molecule has 4 nitrogen and oxygen atoms in total. The van der Waals surface area contributed by atoms with Gasteiger partial charge >= 0.3 is 6.03 Å². The van der Waals surface area contributed by atoms with Crippen molar-refractivity contribution in [2.75, 3.05) is 18.4 Å². The number of nitrogens with zero attached hydrogens (tertiary/aromatic N) is 1. The molecule has 2 N–H and O–H groups in total. The highest BCUT2D eigenvalue weighted by molar-refractivity contribution is 5.90. The van der Waals surface area contributed by atoms with Crippen LogP contribution in [0, 0.1) is 0 Å². The minimum Gasteiger partial charge on any atom is -0.391 e. The van der Waals surface area contributed by atoms with Gasteiger partial charge in [0.1, 0.15) is 0 Å². The number of anilines is 1. The Balaban J connectivity index is 2.10. The van der Waals surface area contributed by atoms with Crippen LogP contribution in [-0.2, 0) is 12.8 Å². The van der Waals surface area contributed by atoms with Gasteiger partial charge in [0, 0.05) is 18.8 Å². The Morgan fingerprint density at radius 2 is 2.20 bits per heavy atom. The molecule has 0 aliphatic carbocycles. The largest absolute Gasteiger partial charge is 0.391 e. The van der Waals surface area contributed by atoms with E-state index in [1.54, 1.807) is 4.90 Å². The molecule has 2 amide bonds. The second-order valence-electron chi connectivity index (χ2n) is 5.37. The van der Waals surface area contributed by atoms with Gasteiger partial charge in [-0.1, -0.05) is 26.0 Å². The fraction of sp³-hybridized carbons (Fsp3) is 0.562. The maximum Gasteiger partial charge on any atom is 0.321 e. The first-order valence-electron chi connectivity index (χ1n) is 7.49. The highest BCUT2D eigenvalue weighted by atomic mass is 16.3. The molecule has 2 rings (SSSR count). The smallest absolute Gasteiger partial charge is 0.321 e. The number of carbonyl (C=O) groups excluding carboxylic acids is 1. The summed E-state index contributed by atoms with van der Waals surface area (Å²) < 4.78 is 0.